The first-order valence-electron chi connectivity index (χ1n) is 7.08. The van der Waals surface area contributed by atoms with Gasteiger partial charge in [-0.3, -0.25) is 0 Å². The number of hydrazone groups is 1. The van der Waals surface area contributed by atoms with Crippen LogP contribution in [0.1, 0.15) is 16.7 Å². The van der Waals surface area contributed by atoms with E-state index in [-0.39, 0.29) is 11.7 Å². The van der Waals surface area contributed by atoms with Gasteiger partial charge in [0.05, 0.1) is 11.1 Å². The molecule has 1 heterocycles. The Labute approximate surface area is 148 Å². The summed E-state index contributed by atoms with van der Waals surface area (Å²) in [5.74, 6) is 1.23. The van der Waals surface area contributed by atoms with Gasteiger partial charge in [-0.2, -0.15) is 13.5 Å². The van der Waals surface area contributed by atoms with Gasteiger partial charge in [0.2, 0.25) is 6.79 Å². The molecule has 1 aliphatic rings. The minimum atomic E-state index is -3.73. The van der Waals surface area contributed by atoms with E-state index >= 15 is 0 Å². The van der Waals surface area contributed by atoms with Crippen molar-refractivity contribution >= 4 is 32.2 Å². The maximum atomic E-state index is 12.4. The van der Waals surface area contributed by atoms with Crippen molar-refractivity contribution in [3.05, 3.63) is 51.5 Å². The first-order valence-corrected chi connectivity index (χ1v) is 9.36. The Morgan fingerprint density at radius 2 is 1.88 bits per heavy atom. The highest BCUT2D eigenvalue weighted by atomic mass is 79.9. The minimum absolute atomic E-state index is 0.168. The summed E-state index contributed by atoms with van der Waals surface area (Å²) >= 11 is 3.39. The van der Waals surface area contributed by atoms with E-state index in [2.05, 4.69) is 25.9 Å². The number of nitrogens with zero attached hydrogens (tertiary/aromatic N) is 1. The van der Waals surface area contributed by atoms with Crippen molar-refractivity contribution in [1.29, 1.82) is 0 Å². The molecule has 0 amide bonds. The molecule has 2 aromatic rings. The van der Waals surface area contributed by atoms with Crippen molar-refractivity contribution in [3.8, 4) is 11.5 Å². The SMILES string of the molecule is Cc1ccc(C)c(S(=O)(=O)N/N=C\c2cc3c(cc2Br)OCO3)c1. The molecule has 0 bridgehead atoms. The van der Waals surface area contributed by atoms with Crippen LogP contribution in [0.4, 0.5) is 0 Å². The van der Waals surface area contributed by atoms with Crippen LogP contribution in [0.15, 0.2) is 44.8 Å². The lowest BCUT2D eigenvalue weighted by Crippen LogP contribution is -2.19. The zero-order valence-corrected chi connectivity index (χ0v) is 15.4. The minimum Gasteiger partial charge on any atom is -0.454 e. The molecule has 24 heavy (non-hydrogen) atoms. The fourth-order valence-electron chi connectivity index (χ4n) is 2.24. The smallest absolute Gasteiger partial charge is 0.276 e. The quantitative estimate of drug-likeness (QED) is 0.620. The standard InChI is InChI=1S/C16H15BrN2O4S/c1-10-3-4-11(2)16(5-10)24(20,21)19-18-8-12-6-14-15(7-13(12)17)23-9-22-14/h3-8,19H,9H2,1-2H3/b18-8-. The third-order valence-electron chi connectivity index (χ3n) is 3.50. The zero-order chi connectivity index (χ0) is 17.3. The summed E-state index contributed by atoms with van der Waals surface area (Å²) in [5.41, 5.74) is 2.19. The molecule has 0 aliphatic carbocycles. The monoisotopic (exact) mass is 410 g/mol. The predicted octanol–water partition coefficient (Wildman–Crippen LogP) is 3.11. The second kappa shape index (κ2) is 6.45. The van der Waals surface area contributed by atoms with Gasteiger partial charge in [0.25, 0.3) is 10.0 Å². The summed E-state index contributed by atoms with van der Waals surface area (Å²) in [4.78, 5) is 2.45. The molecule has 0 saturated carbocycles. The number of sulfonamides is 1. The van der Waals surface area contributed by atoms with E-state index in [1.807, 2.05) is 13.0 Å². The fourth-order valence-corrected chi connectivity index (χ4v) is 3.79. The molecule has 0 saturated heterocycles. The number of fused-ring (bicyclic) bond motifs is 1. The Morgan fingerprint density at radius 3 is 2.62 bits per heavy atom. The highest BCUT2D eigenvalue weighted by molar-refractivity contribution is 9.10. The molecule has 0 atom stereocenters. The summed E-state index contributed by atoms with van der Waals surface area (Å²) in [6, 6.07) is 8.72. The van der Waals surface area contributed by atoms with E-state index in [4.69, 9.17) is 9.47 Å². The normalized spacial score (nSPS) is 13.5. The maximum Gasteiger partial charge on any atom is 0.276 e. The number of rotatable bonds is 4. The summed E-state index contributed by atoms with van der Waals surface area (Å²) < 4.78 is 36.1. The van der Waals surface area contributed by atoms with E-state index in [1.54, 1.807) is 31.2 Å². The first-order chi connectivity index (χ1) is 11.4. The average Bonchev–Trinajstić information content (AvgIpc) is 2.96. The highest BCUT2D eigenvalue weighted by Crippen LogP contribution is 2.36. The summed E-state index contributed by atoms with van der Waals surface area (Å²) in [7, 11) is -3.73. The highest BCUT2D eigenvalue weighted by Gasteiger charge is 2.17. The van der Waals surface area contributed by atoms with Crippen LogP contribution in [0.2, 0.25) is 0 Å². The molecular formula is C16H15BrN2O4S. The molecule has 1 N–H and O–H groups in total. The topological polar surface area (TPSA) is 77.0 Å². The van der Waals surface area contributed by atoms with Gasteiger partial charge in [0, 0.05) is 10.0 Å². The van der Waals surface area contributed by atoms with Crippen LogP contribution in [-0.4, -0.2) is 21.4 Å². The lowest BCUT2D eigenvalue weighted by atomic mass is 10.2. The predicted molar refractivity (Wildman–Crippen MR) is 94.1 cm³/mol. The van der Waals surface area contributed by atoms with Gasteiger partial charge in [0.15, 0.2) is 11.5 Å². The number of nitrogens with one attached hydrogen (secondary N) is 1. The van der Waals surface area contributed by atoms with Crippen molar-refractivity contribution in [2.24, 2.45) is 5.10 Å². The molecule has 8 heteroatoms. The van der Waals surface area contributed by atoms with Crippen molar-refractivity contribution < 1.29 is 17.9 Å². The number of halogens is 1. The molecular weight excluding hydrogens is 396 g/mol. The number of aryl methyl sites for hydroxylation is 2. The van der Waals surface area contributed by atoms with Crippen molar-refractivity contribution in [2.75, 3.05) is 6.79 Å². The van der Waals surface area contributed by atoms with E-state index in [0.717, 1.165) is 10.0 Å². The molecule has 0 fully saturated rings. The van der Waals surface area contributed by atoms with Gasteiger partial charge in [-0.1, -0.05) is 12.1 Å². The lowest BCUT2D eigenvalue weighted by molar-refractivity contribution is 0.174. The molecule has 0 aromatic heterocycles. The number of ether oxygens (including phenoxy) is 2. The number of hydrogen-bond acceptors (Lipinski definition) is 5. The van der Waals surface area contributed by atoms with Crippen LogP contribution in [0, 0.1) is 13.8 Å². The van der Waals surface area contributed by atoms with Crippen LogP contribution in [-0.2, 0) is 10.0 Å². The molecule has 1 aliphatic heterocycles. The maximum absolute atomic E-state index is 12.4. The molecule has 2 aromatic carbocycles. The van der Waals surface area contributed by atoms with E-state index in [1.165, 1.54) is 6.21 Å². The lowest BCUT2D eigenvalue weighted by Gasteiger charge is -2.08. The molecule has 6 nitrogen and oxygen atoms in total. The van der Waals surface area contributed by atoms with Crippen LogP contribution in [0.3, 0.4) is 0 Å². The van der Waals surface area contributed by atoms with E-state index in [9.17, 15) is 8.42 Å². The average molecular weight is 411 g/mol. The number of benzene rings is 2. The van der Waals surface area contributed by atoms with Crippen LogP contribution in [0.5, 0.6) is 11.5 Å². The largest absolute Gasteiger partial charge is 0.454 e. The van der Waals surface area contributed by atoms with Gasteiger partial charge in [0.1, 0.15) is 0 Å². The third-order valence-corrected chi connectivity index (χ3v) is 5.55. The van der Waals surface area contributed by atoms with Crippen molar-refractivity contribution in [3.63, 3.8) is 0 Å². The van der Waals surface area contributed by atoms with Crippen LogP contribution < -0.4 is 14.3 Å². The fraction of sp³-hybridized carbons (Fsp3) is 0.188. The van der Waals surface area contributed by atoms with Gasteiger partial charge in [-0.15, -0.1) is 0 Å². The molecule has 3 rings (SSSR count). The Bertz CT molecular complexity index is 926. The molecule has 0 radical (unpaired) electrons. The van der Waals surface area contributed by atoms with Gasteiger partial charge >= 0.3 is 0 Å². The first kappa shape index (κ1) is 16.8. The van der Waals surface area contributed by atoms with Gasteiger partial charge in [-0.25, -0.2) is 4.83 Å². The Hall–Kier alpha value is -2.06. The van der Waals surface area contributed by atoms with Crippen LogP contribution >= 0.6 is 15.9 Å². The van der Waals surface area contributed by atoms with Crippen molar-refractivity contribution in [1.82, 2.24) is 4.83 Å². The molecule has 0 spiro atoms. The van der Waals surface area contributed by atoms with Gasteiger partial charge < -0.3 is 9.47 Å². The summed E-state index contributed by atoms with van der Waals surface area (Å²) in [5, 5.41) is 3.86. The van der Waals surface area contributed by atoms with Crippen LogP contribution in [0.25, 0.3) is 0 Å². The zero-order valence-electron chi connectivity index (χ0n) is 13.0. The Morgan fingerprint density at radius 1 is 1.17 bits per heavy atom. The van der Waals surface area contributed by atoms with Gasteiger partial charge in [-0.05, 0) is 59.1 Å². The molecule has 126 valence electrons. The van der Waals surface area contributed by atoms with Crippen molar-refractivity contribution in [2.45, 2.75) is 18.7 Å². The summed E-state index contributed by atoms with van der Waals surface area (Å²) in [6.45, 7) is 3.75. The van der Waals surface area contributed by atoms with E-state index < -0.39 is 10.0 Å². The Balaban J connectivity index is 1.82. The van der Waals surface area contributed by atoms with E-state index in [0.29, 0.717) is 22.6 Å². The number of hydrogen-bond donors (Lipinski definition) is 1. The second-order valence-electron chi connectivity index (χ2n) is 5.35. The Kier molecular flexibility index (Phi) is 4.51. The second-order valence-corrected chi connectivity index (χ2v) is 7.83. The molecule has 0 unspecified atom stereocenters. The third kappa shape index (κ3) is 3.39. The summed E-state index contributed by atoms with van der Waals surface area (Å²) in [6.07, 6.45) is 1.41.